The first-order valence-electron chi connectivity index (χ1n) is 10.9. The molecule has 2 aliphatic heterocycles. The van der Waals surface area contributed by atoms with E-state index >= 15 is 0 Å². The van der Waals surface area contributed by atoms with Crippen LogP contribution in [0.25, 0.3) is 11.1 Å². The average molecular weight is 445 g/mol. The number of aliphatic hydroxyl groups is 1. The van der Waals surface area contributed by atoms with Crippen molar-refractivity contribution in [3.63, 3.8) is 0 Å². The predicted octanol–water partition coefficient (Wildman–Crippen LogP) is 3.70. The van der Waals surface area contributed by atoms with Crippen LogP contribution in [-0.2, 0) is 4.79 Å². The van der Waals surface area contributed by atoms with Gasteiger partial charge in [-0.15, -0.1) is 0 Å². The van der Waals surface area contributed by atoms with Crippen molar-refractivity contribution in [1.29, 1.82) is 0 Å². The Balaban J connectivity index is 1.34. The number of carbonyl (C=O) groups is 2. The Kier molecular flexibility index (Phi) is 5.56. The number of amides is 3. The molecule has 7 heteroatoms. The van der Waals surface area contributed by atoms with Gasteiger partial charge >= 0.3 is 6.03 Å². The summed E-state index contributed by atoms with van der Waals surface area (Å²) in [6.07, 6.45) is 0. The quantitative estimate of drug-likeness (QED) is 0.643. The summed E-state index contributed by atoms with van der Waals surface area (Å²) in [4.78, 5) is 28.7. The first-order chi connectivity index (χ1) is 16.0. The van der Waals surface area contributed by atoms with Crippen LogP contribution in [0.3, 0.4) is 0 Å². The van der Waals surface area contributed by atoms with Gasteiger partial charge in [0.2, 0.25) is 5.91 Å². The molecule has 0 bridgehead atoms. The lowest BCUT2D eigenvalue weighted by Crippen LogP contribution is -2.73. The van der Waals surface area contributed by atoms with Crippen molar-refractivity contribution < 1.29 is 19.1 Å². The molecule has 2 fully saturated rings. The molecule has 2 heterocycles. The number of benzene rings is 3. The van der Waals surface area contributed by atoms with Gasteiger partial charge in [-0.1, -0.05) is 60.7 Å². The highest BCUT2D eigenvalue weighted by Crippen LogP contribution is 2.43. The molecule has 168 valence electrons. The second-order valence-corrected chi connectivity index (χ2v) is 8.45. The Morgan fingerprint density at radius 3 is 2.42 bits per heavy atom. The standard InChI is InChI=1S/C26H24FN3O3/c27-20-7-4-8-21(13-20)28-26(33)29-14-22-25(23(16-31)30(22)24(32)15-29)19-11-9-18(10-12-19)17-5-2-1-3-6-17/h1-13,22-23,25,31H,14-16H2,(H,28,33)/t22-,23+,25+/m1/s1. The van der Waals surface area contributed by atoms with Crippen molar-refractivity contribution in [1.82, 2.24) is 9.80 Å². The fourth-order valence-corrected chi connectivity index (χ4v) is 4.95. The van der Waals surface area contributed by atoms with Gasteiger partial charge in [-0.25, -0.2) is 9.18 Å². The lowest BCUT2D eigenvalue weighted by atomic mass is 9.73. The van der Waals surface area contributed by atoms with Crippen molar-refractivity contribution in [2.75, 3.05) is 25.0 Å². The molecule has 0 radical (unpaired) electrons. The van der Waals surface area contributed by atoms with E-state index < -0.39 is 11.8 Å². The van der Waals surface area contributed by atoms with Crippen LogP contribution in [0.5, 0.6) is 0 Å². The Labute approximate surface area is 191 Å². The molecule has 3 amide bonds. The molecule has 0 aromatic heterocycles. The van der Waals surface area contributed by atoms with Gasteiger partial charge in [0.15, 0.2) is 0 Å². The van der Waals surface area contributed by atoms with E-state index in [4.69, 9.17) is 0 Å². The first kappa shape index (κ1) is 21.2. The van der Waals surface area contributed by atoms with Crippen molar-refractivity contribution >= 4 is 17.6 Å². The fraction of sp³-hybridized carbons (Fsp3) is 0.231. The number of piperazine rings is 1. The number of nitrogens with one attached hydrogen (secondary N) is 1. The Morgan fingerprint density at radius 1 is 1.00 bits per heavy atom. The van der Waals surface area contributed by atoms with E-state index in [-0.39, 0.29) is 37.1 Å². The van der Waals surface area contributed by atoms with E-state index in [1.807, 2.05) is 54.6 Å². The van der Waals surface area contributed by atoms with Crippen LogP contribution in [0.15, 0.2) is 78.9 Å². The van der Waals surface area contributed by atoms with Crippen LogP contribution in [0.1, 0.15) is 11.5 Å². The van der Waals surface area contributed by atoms with E-state index in [0.29, 0.717) is 12.2 Å². The third-order valence-corrected chi connectivity index (χ3v) is 6.52. The molecule has 3 atom stereocenters. The van der Waals surface area contributed by atoms with E-state index in [2.05, 4.69) is 5.32 Å². The van der Waals surface area contributed by atoms with Gasteiger partial charge in [-0.05, 0) is 34.9 Å². The maximum Gasteiger partial charge on any atom is 0.322 e. The summed E-state index contributed by atoms with van der Waals surface area (Å²) >= 11 is 0. The lowest BCUT2D eigenvalue weighted by molar-refractivity contribution is -0.159. The first-order valence-corrected chi connectivity index (χ1v) is 10.9. The van der Waals surface area contributed by atoms with Crippen molar-refractivity contribution in [2.24, 2.45) is 0 Å². The van der Waals surface area contributed by atoms with Crippen LogP contribution in [0.4, 0.5) is 14.9 Å². The highest BCUT2D eigenvalue weighted by atomic mass is 19.1. The Hall–Kier alpha value is -3.71. The van der Waals surface area contributed by atoms with E-state index in [1.165, 1.54) is 23.1 Å². The predicted molar refractivity (Wildman–Crippen MR) is 123 cm³/mol. The number of nitrogens with zero attached hydrogens (tertiary/aromatic N) is 2. The van der Waals surface area contributed by atoms with E-state index in [9.17, 15) is 19.1 Å². The van der Waals surface area contributed by atoms with Gasteiger partial charge in [0.25, 0.3) is 0 Å². The maximum absolute atomic E-state index is 13.5. The summed E-state index contributed by atoms with van der Waals surface area (Å²) in [5.41, 5.74) is 3.57. The molecule has 2 saturated heterocycles. The summed E-state index contributed by atoms with van der Waals surface area (Å²) in [7, 11) is 0. The number of anilines is 1. The second-order valence-electron chi connectivity index (χ2n) is 8.45. The van der Waals surface area contributed by atoms with Crippen LogP contribution < -0.4 is 5.32 Å². The summed E-state index contributed by atoms with van der Waals surface area (Å²) < 4.78 is 13.5. The number of aliphatic hydroxyl groups excluding tert-OH is 1. The van der Waals surface area contributed by atoms with Crippen LogP contribution >= 0.6 is 0 Å². The van der Waals surface area contributed by atoms with Crippen LogP contribution in [-0.4, -0.2) is 58.6 Å². The molecular weight excluding hydrogens is 421 g/mol. The number of urea groups is 1. The monoisotopic (exact) mass is 445 g/mol. The number of rotatable bonds is 4. The summed E-state index contributed by atoms with van der Waals surface area (Å²) in [5.74, 6) is -0.720. The minimum absolute atomic E-state index is 0.0754. The minimum Gasteiger partial charge on any atom is -0.394 e. The third-order valence-electron chi connectivity index (χ3n) is 6.52. The molecule has 3 aromatic carbocycles. The summed E-state index contributed by atoms with van der Waals surface area (Å²) in [6.45, 7) is 0.130. The molecule has 0 saturated carbocycles. The smallest absolute Gasteiger partial charge is 0.322 e. The molecule has 2 aliphatic rings. The molecule has 2 N–H and O–H groups in total. The zero-order chi connectivity index (χ0) is 22.9. The third kappa shape index (κ3) is 3.96. The van der Waals surface area contributed by atoms with Gasteiger partial charge in [-0.2, -0.15) is 0 Å². The van der Waals surface area contributed by atoms with E-state index in [1.54, 1.807) is 11.0 Å². The minimum atomic E-state index is -0.447. The van der Waals surface area contributed by atoms with Crippen molar-refractivity contribution in [3.8, 4) is 11.1 Å². The second kappa shape index (κ2) is 8.67. The number of carbonyl (C=O) groups excluding carboxylic acids is 2. The molecule has 5 rings (SSSR count). The molecular formula is C26H24FN3O3. The maximum atomic E-state index is 13.5. The lowest BCUT2D eigenvalue weighted by Gasteiger charge is -2.58. The topological polar surface area (TPSA) is 72.9 Å². The largest absolute Gasteiger partial charge is 0.394 e. The SMILES string of the molecule is O=C(Nc1cccc(F)c1)N1CC(=O)N2[C@H](C1)[C@H](c1ccc(-c3ccccc3)cc1)[C@@H]2CO. The van der Waals surface area contributed by atoms with Gasteiger partial charge in [-0.3, -0.25) is 4.79 Å². The fourth-order valence-electron chi connectivity index (χ4n) is 4.95. The van der Waals surface area contributed by atoms with Crippen LogP contribution in [0.2, 0.25) is 0 Å². The molecule has 0 spiro atoms. The number of fused-ring (bicyclic) bond motifs is 1. The van der Waals surface area contributed by atoms with Crippen molar-refractivity contribution in [3.05, 3.63) is 90.2 Å². The molecule has 6 nitrogen and oxygen atoms in total. The highest BCUT2D eigenvalue weighted by molar-refractivity contribution is 5.93. The molecule has 3 aromatic rings. The number of hydrogen-bond donors (Lipinski definition) is 2. The number of halogens is 1. The van der Waals surface area contributed by atoms with Crippen molar-refractivity contribution in [2.45, 2.75) is 18.0 Å². The molecule has 0 aliphatic carbocycles. The zero-order valence-corrected chi connectivity index (χ0v) is 17.9. The Bertz CT molecular complexity index is 1170. The molecule has 0 unspecified atom stereocenters. The van der Waals surface area contributed by atoms with Crippen LogP contribution in [0, 0.1) is 5.82 Å². The number of hydrogen-bond acceptors (Lipinski definition) is 3. The Morgan fingerprint density at radius 2 is 1.73 bits per heavy atom. The molecule has 33 heavy (non-hydrogen) atoms. The summed E-state index contributed by atoms with van der Waals surface area (Å²) in [5, 5.41) is 12.6. The van der Waals surface area contributed by atoms with Gasteiger partial charge in [0.05, 0.1) is 18.7 Å². The van der Waals surface area contributed by atoms with Gasteiger partial charge in [0.1, 0.15) is 12.4 Å². The van der Waals surface area contributed by atoms with Gasteiger partial charge in [0, 0.05) is 18.2 Å². The average Bonchev–Trinajstić information content (AvgIpc) is 2.81. The van der Waals surface area contributed by atoms with E-state index in [0.717, 1.165) is 16.7 Å². The highest BCUT2D eigenvalue weighted by Gasteiger charge is 2.54. The summed E-state index contributed by atoms with van der Waals surface area (Å²) in [6, 6.07) is 22.9. The normalized spacial score (nSPS) is 21.9. The van der Waals surface area contributed by atoms with Gasteiger partial charge < -0.3 is 20.2 Å². The zero-order valence-electron chi connectivity index (χ0n) is 17.9.